The maximum Gasteiger partial charge on any atom is 0.273 e. The third-order valence-electron chi connectivity index (χ3n) is 2.08. The molecule has 0 aliphatic rings. The van der Waals surface area contributed by atoms with Crippen molar-refractivity contribution in [3.05, 3.63) is 48.4 Å². The SMILES string of the molecule is Cn1cccc1C(=O)Nc1ccccn1. The van der Waals surface area contributed by atoms with Gasteiger partial charge in [0.25, 0.3) is 5.91 Å². The Morgan fingerprint density at radius 2 is 2.20 bits per heavy atom. The number of aryl methyl sites for hydroxylation is 1. The first kappa shape index (κ1) is 9.45. The van der Waals surface area contributed by atoms with Gasteiger partial charge in [-0.3, -0.25) is 4.79 Å². The van der Waals surface area contributed by atoms with Crippen LogP contribution in [0, 0.1) is 0 Å². The molecule has 2 rings (SSSR count). The molecule has 1 N–H and O–H groups in total. The summed E-state index contributed by atoms with van der Waals surface area (Å²) in [4.78, 5) is 15.7. The van der Waals surface area contributed by atoms with Crippen molar-refractivity contribution < 1.29 is 4.79 Å². The van der Waals surface area contributed by atoms with E-state index in [4.69, 9.17) is 0 Å². The summed E-state index contributed by atoms with van der Waals surface area (Å²) in [5.41, 5.74) is 0.612. The second-order valence-electron chi connectivity index (χ2n) is 3.17. The highest BCUT2D eigenvalue weighted by Crippen LogP contribution is 2.05. The summed E-state index contributed by atoms with van der Waals surface area (Å²) in [5.74, 6) is 0.407. The first-order valence-electron chi connectivity index (χ1n) is 4.61. The quantitative estimate of drug-likeness (QED) is 0.803. The standard InChI is InChI=1S/C11H11N3O/c1-14-8-4-5-9(14)11(15)13-10-6-2-3-7-12-10/h2-8H,1H3,(H,12,13,15). The van der Waals surface area contributed by atoms with Gasteiger partial charge in [0.1, 0.15) is 11.5 Å². The van der Waals surface area contributed by atoms with Gasteiger partial charge in [0, 0.05) is 19.4 Å². The predicted octanol–water partition coefficient (Wildman–Crippen LogP) is 1.67. The molecule has 0 unspecified atom stereocenters. The minimum Gasteiger partial charge on any atom is -0.347 e. The Morgan fingerprint density at radius 1 is 1.33 bits per heavy atom. The summed E-state index contributed by atoms with van der Waals surface area (Å²) in [5, 5.41) is 2.71. The van der Waals surface area contributed by atoms with Crippen LogP contribution in [0.3, 0.4) is 0 Å². The van der Waals surface area contributed by atoms with Crippen molar-refractivity contribution in [3.8, 4) is 0 Å². The third kappa shape index (κ3) is 2.04. The number of amides is 1. The fraction of sp³-hybridized carbons (Fsp3) is 0.0909. The number of anilines is 1. The van der Waals surface area contributed by atoms with Crippen LogP contribution < -0.4 is 5.32 Å². The molecule has 15 heavy (non-hydrogen) atoms. The molecule has 0 spiro atoms. The number of carbonyl (C=O) groups excluding carboxylic acids is 1. The van der Waals surface area contributed by atoms with Gasteiger partial charge in [-0.15, -0.1) is 0 Å². The summed E-state index contributed by atoms with van der Waals surface area (Å²) < 4.78 is 1.76. The lowest BCUT2D eigenvalue weighted by Gasteiger charge is -2.04. The minimum absolute atomic E-state index is 0.152. The molecule has 1 amide bonds. The summed E-state index contributed by atoms with van der Waals surface area (Å²) >= 11 is 0. The lowest BCUT2D eigenvalue weighted by molar-refractivity contribution is 0.101. The smallest absolute Gasteiger partial charge is 0.273 e. The van der Waals surface area contributed by atoms with E-state index in [1.165, 1.54) is 0 Å². The first-order chi connectivity index (χ1) is 7.27. The van der Waals surface area contributed by atoms with Gasteiger partial charge in [-0.25, -0.2) is 4.98 Å². The summed E-state index contributed by atoms with van der Waals surface area (Å²) in [7, 11) is 1.83. The molecule has 4 nitrogen and oxygen atoms in total. The highest BCUT2D eigenvalue weighted by atomic mass is 16.2. The Labute approximate surface area is 87.6 Å². The molecular weight excluding hydrogens is 190 g/mol. The third-order valence-corrected chi connectivity index (χ3v) is 2.08. The van der Waals surface area contributed by atoms with Gasteiger partial charge in [-0.05, 0) is 24.3 Å². The number of pyridine rings is 1. The molecule has 0 aromatic carbocycles. The molecule has 0 aliphatic carbocycles. The molecule has 2 aromatic heterocycles. The van der Waals surface area contributed by atoms with Gasteiger partial charge in [0.05, 0.1) is 0 Å². The molecule has 0 saturated carbocycles. The van der Waals surface area contributed by atoms with E-state index in [-0.39, 0.29) is 5.91 Å². The van der Waals surface area contributed by atoms with Crippen LogP contribution >= 0.6 is 0 Å². The predicted molar refractivity (Wildman–Crippen MR) is 57.6 cm³/mol. The zero-order valence-corrected chi connectivity index (χ0v) is 8.34. The van der Waals surface area contributed by atoms with Crippen LogP contribution in [-0.2, 0) is 7.05 Å². The van der Waals surface area contributed by atoms with Gasteiger partial charge in [-0.1, -0.05) is 6.07 Å². The molecule has 0 radical (unpaired) electrons. The van der Waals surface area contributed by atoms with Crippen molar-refractivity contribution in [1.82, 2.24) is 9.55 Å². The average Bonchev–Trinajstić information content (AvgIpc) is 2.66. The fourth-order valence-corrected chi connectivity index (χ4v) is 1.31. The summed E-state index contributed by atoms with van der Waals surface area (Å²) in [6.07, 6.45) is 3.47. The van der Waals surface area contributed by atoms with E-state index in [2.05, 4.69) is 10.3 Å². The van der Waals surface area contributed by atoms with E-state index in [0.717, 1.165) is 0 Å². The van der Waals surface area contributed by atoms with Crippen LogP contribution in [0.1, 0.15) is 10.5 Å². The number of nitrogens with zero attached hydrogens (tertiary/aromatic N) is 2. The van der Waals surface area contributed by atoms with E-state index in [9.17, 15) is 4.79 Å². The van der Waals surface area contributed by atoms with Crippen molar-refractivity contribution >= 4 is 11.7 Å². The summed E-state index contributed by atoms with van der Waals surface area (Å²) in [6, 6.07) is 8.97. The lowest BCUT2D eigenvalue weighted by atomic mass is 10.4. The number of hydrogen-bond acceptors (Lipinski definition) is 2. The van der Waals surface area contributed by atoms with Crippen LogP contribution in [-0.4, -0.2) is 15.5 Å². The fourth-order valence-electron chi connectivity index (χ4n) is 1.31. The van der Waals surface area contributed by atoms with Gasteiger partial charge in [0.15, 0.2) is 0 Å². The van der Waals surface area contributed by atoms with Gasteiger partial charge >= 0.3 is 0 Å². The topological polar surface area (TPSA) is 46.9 Å². The zero-order chi connectivity index (χ0) is 10.7. The van der Waals surface area contributed by atoms with Crippen LogP contribution in [0.5, 0.6) is 0 Å². The highest BCUT2D eigenvalue weighted by Gasteiger charge is 2.08. The average molecular weight is 201 g/mol. The molecule has 0 aliphatic heterocycles. The monoisotopic (exact) mass is 201 g/mol. The van der Waals surface area contributed by atoms with E-state index in [1.54, 1.807) is 29.0 Å². The maximum absolute atomic E-state index is 11.7. The Bertz CT molecular complexity index is 462. The largest absolute Gasteiger partial charge is 0.347 e. The number of rotatable bonds is 2. The molecule has 76 valence electrons. The normalized spacial score (nSPS) is 9.93. The molecule has 2 aromatic rings. The number of carbonyl (C=O) groups is 1. The Morgan fingerprint density at radius 3 is 2.80 bits per heavy atom. The van der Waals surface area contributed by atoms with E-state index < -0.39 is 0 Å². The van der Waals surface area contributed by atoms with Crippen molar-refractivity contribution in [2.45, 2.75) is 0 Å². The molecule has 0 saturated heterocycles. The molecule has 2 heterocycles. The van der Waals surface area contributed by atoms with E-state index in [0.29, 0.717) is 11.5 Å². The number of nitrogens with one attached hydrogen (secondary N) is 1. The van der Waals surface area contributed by atoms with Crippen molar-refractivity contribution in [2.75, 3.05) is 5.32 Å². The second kappa shape index (κ2) is 3.96. The second-order valence-corrected chi connectivity index (χ2v) is 3.17. The summed E-state index contributed by atoms with van der Waals surface area (Å²) in [6.45, 7) is 0. The van der Waals surface area contributed by atoms with Gasteiger partial charge in [-0.2, -0.15) is 0 Å². The molecule has 4 heteroatoms. The van der Waals surface area contributed by atoms with Gasteiger partial charge < -0.3 is 9.88 Å². The van der Waals surface area contributed by atoms with Crippen LogP contribution in [0.25, 0.3) is 0 Å². The maximum atomic E-state index is 11.7. The van der Waals surface area contributed by atoms with Crippen LogP contribution in [0.2, 0.25) is 0 Å². The molecule has 0 fully saturated rings. The lowest BCUT2D eigenvalue weighted by Crippen LogP contribution is -2.15. The zero-order valence-electron chi connectivity index (χ0n) is 8.34. The Balaban J connectivity index is 2.15. The van der Waals surface area contributed by atoms with Gasteiger partial charge in [0.2, 0.25) is 0 Å². The first-order valence-corrected chi connectivity index (χ1v) is 4.61. The molecular formula is C11H11N3O. The van der Waals surface area contributed by atoms with E-state index in [1.807, 2.05) is 25.4 Å². The van der Waals surface area contributed by atoms with Crippen molar-refractivity contribution in [1.29, 1.82) is 0 Å². The molecule has 0 atom stereocenters. The minimum atomic E-state index is -0.152. The van der Waals surface area contributed by atoms with Crippen molar-refractivity contribution in [2.24, 2.45) is 7.05 Å². The number of hydrogen-bond donors (Lipinski definition) is 1. The Kier molecular flexibility index (Phi) is 2.49. The van der Waals surface area contributed by atoms with Crippen molar-refractivity contribution in [3.63, 3.8) is 0 Å². The molecule has 0 bridgehead atoms. The number of aromatic nitrogens is 2. The highest BCUT2D eigenvalue weighted by molar-refractivity contribution is 6.02. The van der Waals surface area contributed by atoms with Crippen LogP contribution in [0.15, 0.2) is 42.7 Å². The van der Waals surface area contributed by atoms with E-state index >= 15 is 0 Å². The Hall–Kier alpha value is -2.10. The van der Waals surface area contributed by atoms with Crippen LogP contribution in [0.4, 0.5) is 5.82 Å².